The Morgan fingerprint density at radius 2 is 2.23 bits per heavy atom. The third-order valence-electron chi connectivity index (χ3n) is 2.82. The summed E-state index contributed by atoms with van der Waals surface area (Å²) in [5.41, 5.74) is 1.12. The van der Waals surface area contributed by atoms with Gasteiger partial charge in [-0.3, -0.25) is 5.10 Å². The second-order valence-electron chi connectivity index (χ2n) is 3.87. The topological polar surface area (TPSA) is 40.7 Å². The molecule has 72 valence electrons. The van der Waals surface area contributed by atoms with E-state index < -0.39 is 0 Å². The molecule has 3 nitrogen and oxygen atoms in total. The van der Waals surface area contributed by atoms with E-state index >= 15 is 0 Å². The highest BCUT2D eigenvalue weighted by molar-refractivity contribution is 5.37. The highest BCUT2D eigenvalue weighted by Gasteiger charge is 2.12. The molecule has 0 aromatic carbocycles. The van der Waals surface area contributed by atoms with Crippen molar-refractivity contribution in [3.05, 3.63) is 12.4 Å². The largest absolute Gasteiger partial charge is 0.382 e. The monoisotopic (exact) mass is 179 g/mol. The molecule has 0 spiro atoms. The molecule has 3 heteroatoms. The van der Waals surface area contributed by atoms with Gasteiger partial charge in [0.05, 0.1) is 11.9 Å². The zero-order chi connectivity index (χ0) is 8.93. The van der Waals surface area contributed by atoms with E-state index in [2.05, 4.69) is 15.5 Å². The molecule has 0 amide bonds. The smallest absolute Gasteiger partial charge is 0.0723 e. The second-order valence-corrected chi connectivity index (χ2v) is 3.87. The Kier molecular flexibility index (Phi) is 2.85. The summed E-state index contributed by atoms with van der Waals surface area (Å²) in [6.45, 7) is 1.11. The van der Waals surface area contributed by atoms with Gasteiger partial charge >= 0.3 is 0 Å². The van der Waals surface area contributed by atoms with E-state index in [9.17, 15) is 0 Å². The molecule has 1 fully saturated rings. The van der Waals surface area contributed by atoms with Crippen molar-refractivity contribution in [3.63, 3.8) is 0 Å². The van der Waals surface area contributed by atoms with E-state index in [1.54, 1.807) is 0 Å². The van der Waals surface area contributed by atoms with Gasteiger partial charge in [-0.25, -0.2) is 0 Å². The van der Waals surface area contributed by atoms with Crippen molar-refractivity contribution in [3.8, 4) is 0 Å². The minimum absolute atomic E-state index is 0.878. The van der Waals surface area contributed by atoms with E-state index in [0.717, 1.165) is 18.2 Å². The average Bonchev–Trinajstić information content (AvgIpc) is 2.69. The Hall–Kier alpha value is -0.990. The van der Waals surface area contributed by atoms with Crippen LogP contribution in [0.2, 0.25) is 0 Å². The summed E-state index contributed by atoms with van der Waals surface area (Å²) in [5, 5.41) is 10.1. The van der Waals surface area contributed by atoms with Crippen LogP contribution in [0.15, 0.2) is 12.4 Å². The van der Waals surface area contributed by atoms with Gasteiger partial charge in [-0.2, -0.15) is 5.10 Å². The van der Waals surface area contributed by atoms with Crippen LogP contribution in [0.4, 0.5) is 5.69 Å². The van der Waals surface area contributed by atoms with Crippen LogP contribution in [0.3, 0.4) is 0 Å². The number of hydrogen-bond donors (Lipinski definition) is 2. The lowest BCUT2D eigenvalue weighted by atomic mass is 9.89. The zero-order valence-corrected chi connectivity index (χ0v) is 7.92. The highest BCUT2D eigenvalue weighted by Crippen LogP contribution is 2.23. The number of anilines is 1. The number of nitrogens with zero attached hydrogens (tertiary/aromatic N) is 1. The Balaban J connectivity index is 1.72. The van der Waals surface area contributed by atoms with E-state index in [4.69, 9.17) is 0 Å². The zero-order valence-electron chi connectivity index (χ0n) is 7.92. The minimum Gasteiger partial charge on any atom is -0.382 e. The van der Waals surface area contributed by atoms with Crippen molar-refractivity contribution in [2.24, 2.45) is 5.92 Å². The maximum atomic E-state index is 3.90. The van der Waals surface area contributed by atoms with Gasteiger partial charge in [0.25, 0.3) is 0 Å². The molecule has 0 bridgehead atoms. The van der Waals surface area contributed by atoms with E-state index in [1.807, 2.05) is 12.4 Å². The maximum Gasteiger partial charge on any atom is 0.0723 e. The fraction of sp³-hybridized carbons (Fsp3) is 0.700. The lowest BCUT2D eigenvalue weighted by Crippen LogP contribution is -2.16. The van der Waals surface area contributed by atoms with Crippen LogP contribution in [-0.4, -0.2) is 16.7 Å². The van der Waals surface area contributed by atoms with Gasteiger partial charge in [0.15, 0.2) is 0 Å². The number of rotatable bonds is 3. The normalized spacial score (nSPS) is 18.8. The Bertz CT molecular complexity index is 224. The van der Waals surface area contributed by atoms with Crippen LogP contribution in [-0.2, 0) is 0 Å². The van der Waals surface area contributed by atoms with Gasteiger partial charge in [-0.15, -0.1) is 0 Å². The Morgan fingerprint density at radius 3 is 2.92 bits per heavy atom. The highest BCUT2D eigenvalue weighted by atomic mass is 15.1. The fourth-order valence-corrected chi connectivity index (χ4v) is 2.00. The summed E-state index contributed by atoms with van der Waals surface area (Å²) >= 11 is 0. The molecule has 1 saturated carbocycles. The first-order valence-corrected chi connectivity index (χ1v) is 5.18. The first kappa shape index (κ1) is 8.60. The number of hydrogen-bond acceptors (Lipinski definition) is 2. The van der Waals surface area contributed by atoms with Crippen molar-refractivity contribution in [2.75, 3.05) is 11.9 Å². The van der Waals surface area contributed by atoms with Crippen molar-refractivity contribution in [1.29, 1.82) is 0 Å². The van der Waals surface area contributed by atoms with Gasteiger partial charge in [-0.05, 0) is 18.8 Å². The molecule has 0 unspecified atom stereocenters. The molecule has 0 radical (unpaired) electrons. The number of H-pyrrole nitrogens is 1. The molecule has 0 aliphatic heterocycles. The summed E-state index contributed by atoms with van der Waals surface area (Å²) in [4.78, 5) is 0. The molecule has 1 aromatic heterocycles. The van der Waals surface area contributed by atoms with E-state index in [0.29, 0.717) is 0 Å². The quantitative estimate of drug-likeness (QED) is 0.748. The Labute approximate surface area is 78.9 Å². The van der Waals surface area contributed by atoms with Crippen LogP contribution in [0.5, 0.6) is 0 Å². The lowest BCUT2D eigenvalue weighted by molar-refractivity contribution is 0.373. The maximum absolute atomic E-state index is 3.90. The molecular weight excluding hydrogens is 162 g/mol. The summed E-state index contributed by atoms with van der Waals surface area (Å²) in [6.07, 6.45) is 10.8. The fourth-order valence-electron chi connectivity index (χ4n) is 2.00. The van der Waals surface area contributed by atoms with E-state index in [1.165, 1.54) is 32.1 Å². The molecule has 2 rings (SSSR count). The number of aromatic amines is 1. The number of nitrogens with one attached hydrogen (secondary N) is 2. The van der Waals surface area contributed by atoms with Gasteiger partial charge < -0.3 is 5.32 Å². The lowest BCUT2D eigenvalue weighted by Gasteiger charge is -2.21. The standard InChI is InChI=1S/C10H17N3/c1-2-4-9(5-3-1)6-11-10-7-12-13-8-10/h7-9,11H,1-6H2,(H,12,13). The first-order valence-electron chi connectivity index (χ1n) is 5.18. The average molecular weight is 179 g/mol. The van der Waals surface area contributed by atoms with Gasteiger partial charge in [0.2, 0.25) is 0 Å². The van der Waals surface area contributed by atoms with Crippen molar-refractivity contribution < 1.29 is 0 Å². The third-order valence-corrected chi connectivity index (χ3v) is 2.82. The molecule has 0 saturated heterocycles. The van der Waals surface area contributed by atoms with Crippen LogP contribution in [0.25, 0.3) is 0 Å². The van der Waals surface area contributed by atoms with Crippen LogP contribution in [0.1, 0.15) is 32.1 Å². The molecule has 2 N–H and O–H groups in total. The van der Waals surface area contributed by atoms with Gasteiger partial charge in [0, 0.05) is 12.7 Å². The molecule has 1 aromatic rings. The number of aromatic nitrogens is 2. The molecule has 1 aliphatic rings. The van der Waals surface area contributed by atoms with Crippen molar-refractivity contribution in [1.82, 2.24) is 10.2 Å². The minimum atomic E-state index is 0.878. The van der Waals surface area contributed by atoms with Crippen molar-refractivity contribution in [2.45, 2.75) is 32.1 Å². The first-order chi connectivity index (χ1) is 6.45. The molecule has 1 heterocycles. The van der Waals surface area contributed by atoms with Gasteiger partial charge in [-0.1, -0.05) is 19.3 Å². The van der Waals surface area contributed by atoms with Crippen LogP contribution in [0, 0.1) is 5.92 Å². The summed E-state index contributed by atoms with van der Waals surface area (Å²) in [6, 6.07) is 0. The van der Waals surface area contributed by atoms with E-state index in [-0.39, 0.29) is 0 Å². The molecule has 0 atom stereocenters. The molecule has 1 aliphatic carbocycles. The summed E-state index contributed by atoms with van der Waals surface area (Å²) < 4.78 is 0. The Morgan fingerprint density at radius 1 is 1.38 bits per heavy atom. The second kappa shape index (κ2) is 4.30. The van der Waals surface area contributed by atoms with Crippen molar-refractivity contribution >= 4 is 5.69 Å². The SMILES string of the molecule is c1n[nH]cc1NCC1CCCCC1. The summed E-state index contributed by atoms with van der Waals surface area (Å²) in [5.74, 6) is 0.878. The predicted octanol–water partition coefficient (Wildman–Crippen LogP) is 2.40. The predicted molar refractivity (Wildman–Crippen MR) is 53.7 cm³/mol. The van der Waals surface area contributed by atoms with Crippen LogP contribution < -0.4 is 5.32 Å². The third kappa shape index (κ3) is 2.47. The molecular formula is C10H17N3. The summed E-state index contributed by atoms with van der Waals surface area (Å²) in [7, 11) is 0. The molecule has 13 heavy (non-hydrogen) atoms. The van der Waals surface area contributed by atoms with Gasteiger partial charge in [0.1, 0.15) is 0 Å². The van der Waals surface area contributed by atoms with Crippen LogP contribution >= 0.6 is 0 Å².